The molecule has 0 heterocycles. The van der Waals surface area contributed by atoms with Crippen molar-refractivity contribution in [1.29, 1.82) is 0 Å². The zero-order valence-electron chi connectivity index (χ0n) is 9.95. The Morgan fingerprint density at radius 1 is 1.22 bits per heavy atom. The molecule has 0 amide bonds. The van der Waals surface area contributed by atoms with Crippen LogP contribution in [-0.2, 0) is 0 Å². The summed E-state index contributed by atoms with van der Waals surface area (Å²) >= 11 is 5.94. The zero-order valence-corrected chi connectivity index (χ0v) is 10.7. The van der Waals surface area contributed by atoms with Gasteiger partial charge in [0.05, 0.1) is 16.4 Å². The van der Waals surface area contributed by atoms with Gasteiger partial charge in [0.25, 0.3) is 0 Å². The van der Waals surface area contributed by atoms with Crippen LogP contribution in [0.4, 0.5) is 15.8 Å². The predicted octanol–water partition coefficient (Wildman–Crippen LogP) is 4.23. The van der Waals surface area contributed by atoms with Gasteiger partial charge in [0.1, 0.15) is 5.82 Å². The van der Waals surface area contributed by atoms with Gasteiger partial charge in [0, 0.05) is 6.04 Å². The molecule has 0 spiro atoms. The fourth-order valence-electron chi connectivity index (χ4n) is 1.76. The second-order valence-electron chi connectivity index (χ2n) is 4.12. The Morgan fingerprint density at radius 2 is 1.94 bits per heavy atom. The maximum Gasteiger partial charge on any atom is 0.123 e. The minimum absolute atomic E-state index is 0.0542. The van der Waals surface area contributed by atoms with Crippen molar-refractivity contribution in [2.24, 2.45) is 0 Å². The largest absolute Gasteiger partial charge is 0.396 e. The third-order valence-corrected chi connectivity index (χ3v) is 3.10. The summed E-state index contributed by atoms with van der Waals surface area (Å²) in [5.74, 6) is -0.250. The van der Waals surface area contributed by atoms with Crippen molar-refractivity contribution in [3.63, 3.8) is 0 Å². The van der Waals surface area contributed by atoms with Crippen LogP contribution < -0.4 is 11.1 Å². The quantitative estimate of drug-likeness (QED) is 0.814. The highest BCUT2D eigenvalue weighted by Crippen LogP contribution is 2.29. The Kier molecular flexibility index (Phi) is 3.72. The second-order valence-corrected chi connectivity index (χ2v) is 4.53. The number of nitrogens with two attached hydrogens (primary N) is 1. The highest BCUT2D eigenvalue weighted by molar-refractivity contribution is 6.33. The lowest BCUT2D eigenvalue weighted by Gasteiger charge is -2.17. The number of hydrogen-bond donors (Lipinski definition) is 2. The monoisotopic (exact) mass is 264 g/mol. The first-order valence-electron chi connectivity index (χ1n) is 5.64. The van der Waals surface area contributed by atoms with E-state index in [0.717, 1.165) is 11.3 Å². The van der Waals surface area contributed by atoms with Gasteiger partial charge in [0.15, 0.2) is 0 Å². The molecular weight excluding hydrogens is 251 g/mol. The summed E-state index contributed by atoms with van der Waals surface area (Å²) in [6, 6.07) is 11.8. The van der Waals surface area contributed by atoms with E-state index in [4.69, 9.17) is 17.3 Å². The van der Waals surface area contributed by atoms with Crippen LogP contribution in [0, 0.1) is 5.82 Å². The first kappa shape index (κ1) is 12.7. The molecule has 2 rings (SSSR count). The molecule has 2 aromatic rings. The van der Waals surface area contributed by atoms with Crippen LogP contribution >= 0.6 is 11.6 Å². The molecule has 2 nitrogen and oxygen atoms in total. The van der Waals surface area contributed by atoms with E-state index in [-0.39, 0.29) is 11.9 Å². The fraction of sp³-hybridized carbons (Fsp3) is 0.143. The first-order chi connectivity index (χ1) is 8.58. The van der Waals surface area contributed by atoms with Gasteiger partial charge in [-0.2, -0.15) is 0 Å². The van der Waals surface area contributed by atoms with Crippen LogP contribution in [0.3, 0.4) is 0 Å². The maximum atomic E-state index is 13.1. The van der Waals surface area contributed by atoms with Gasteiger partial charge >= 0.3 is 0 Å². The Labute approximate surface area is 111 Å². The number of nitrogen functional groups attached to an aromatic ring is 1. The fourth-order valence-corrected chi connectivity index (χ4v) is 1.93. The molecule has 0 radical (unpaired) electrons. The lowest BCUT2D eigenvalue weighted by atomic mass is 10.1. The highest BCUT2D eigenvalue weighted by atomic mass is 35.5. The van der Waals surface area contributed by atoms with Gasteiger partial charge in [-0.1, -0.05) is 29.8 Å². The van der Waals surface area contributed by atoms with Crippen molar-refractivity contribution < 1.29 is 4.39 Å². The number of para-hydroxylation sites is 1. The van der Waals surface area contributed by atoms with E-state index in [9.17, 15) is 4.39 Å². The van der Waals surface area contributed by atoms with Crippen LogP contribution in [0.5, 0.6) is 0 Å². The summed E-state index contributed by atoms with van der Waals surface area (Å²) in [5.41, 5.74) is 7.98. The number of hydrogen-bond acceptors (Lipinski definition) is 2. The van der Waals surface area contributed by atoms with Crippen molar-refractivity contribution in [1.82, 2.24) is 0 Å². The summed E-state index contributed by atoms with van der Waals surface area (Å²) < 4.78 is 13.1. The van der Waals surface area contributed by atoms with Gasteiger partial charge in [-0.15, -0.1) is 0 Å². The maximum absolute atomic E-state index is 13.1. The van der Waals surface area contributed by atoms with Crippen LogP contribution in [0.15, 0.2) is 42.5 Å². The van der Waals surface area contributed by atoms with E-state index in [1.807, 2.05) is 25.1 Å². The van der Waals surface area contributed by atoms with Crippen LogP contribution in [0.25, 0.3) is 0 Å². The molecule has 18 heavy (non-hydrogen) atoms. The van der Waals surface area contributed by atoms with Gasteiger partial charge in [-0.3, -0.25) is 0 Å². The standard InChI is InChI=1S/C14H14ClFN2/c1-9(10-4-2-5-11(16)8-10)18-13-7-3-6-12(15)14(13)17/h2-9,18H,17H2,1H3. The number of nitrogens with one attached hydrogen (secondary N) is 1. The van der Waals surface area contributed by atoms with Gasteiger partial charge in [0.2, 0.25) is 0 Å². The molecule has 2 aromatic carbocycles. The van der Waals surface area contributed by atoms with E-state index in [2.05, 4.69) is 5.32 Å². The van der Waals surface area contributed by atoms with Crippen molar-refractivity contribution in [2.75, 3.05) is 11.1 Å². The normalized spacial score (nSPS) is 12.2. The Bertz CT molecular complexity index is 557. The minimum Gasteiger partial charge on any atom is -0.396 e. The van der Waals surface area contributed by atoms with Gasteiger partial charge in [-0.25, -0.2) is 4.39 Å². The second kappa shape index (κ2) is 5.27. The Balaban J connectivity index is 2.21. The van der Waals surface area contributed by atoms with E-state index in [1.165, 1.54) is 12.1 Å². The summed E-state index contributed by atoms with van der Waals surface area (Å²) in [5, 5.41) is 3.72. The molecule has 94 valence electrons. The lowest BCUT2D eigenvalue weighted by Crippen LogP contribution is -2.08. The summed E-state index contributed by atoms with van der Waals surface area (Å²) in [4.78, 5) is 0. The Morgan fingerprint density at radius 3 is 2.67 bits per heavy atom. The summed E-state index contributed by atoms with van der Waals surface area (Å²) in [7, 11) is 0. The van der Waals surface area contributed by atoms with Crippen molar-refractivity contribution >= 4 is 23.0 Å². The number of halogens is 2. The van der Waals surface area contributed by atoms with E-state index in [1.54, 1.807) is 12.1 Å². The van der Waals surface area contributed by atoms with Gasteiger partial charge in [-0.05, 0) is 36.8 Å². The van der Waals surface area contributed by atoms with Crippen molar-refractivity contribution in [3.8, 4) is 0 Å². The minimum atomic E-state index is -0.250. The average molecular weight is 265 g/mol. The molecule has 0 saturated carbocycles. The molecule has 3 N–H and O–H groups in total. The van der Waals surface area contributed by atoms with E-state index < -0.39 is 0 Å². The van der Waals surface area contributed by atoms with Crippen molar-refractivity contribution in [3.05, 3.63) is 58.9 Å². The van der Waals surface area contributed by atoms with Crippen LogP contribution in [0.1, 0.15) is 18.5 Å². The van der Waals surface area contributed by atoms with Crippen LogP contribution in [-0.4, -0.2) is 0 Å². The molecule has 1 unspecified atom stereocenters. The lowest BCUT2D eigenvalue weighted by molar-refractivity contribution is 0.623. The number of benzene rings is 2. The number of anilines is 2. The average Bonchev–Trinajstić information content (AvgIpc) is 2.35. The van der Waals surface area contributed by atoms with Crippen LogP contribution in [0.2, 0.25) is 5.02 Å². The predicted molar refractivity (Wildman–Crippen MR) is 74.3 cm³/mol. The topological polar surface area (TPSA) is 38.0 Å². The number of rotatable bonds is 3. The molecule has 0 aromatic heterocycles. The third kappa shape index (κ3) is 2.74. The van der Waals surface area contributed by atoms with Gasteiger partial charge < -0.3 is 11.1 Å². The first-order valence-corrected chi connectivity index (χ1v) is 6.01. The molecule has 0 aliphatic carbocycles. The molecule has 1 atom stereocenters. The van der Waals surface area contributed by atoms with E-state index in [0.29, 0.717) is 10.7 Å². The SMILES string of the molecule is CC(Nc1cccc(Cl)c1N)c1cccc(F)c1. The Hall–Kier alpha value is -1.74. The molecule has 4 heteroatoms. The molecule has 0 aliphatic rings. The highest BCUT2D eigenvalue weighted by Gasteiger charge is 2.09. The summed E-state index contributed by atoms with van der Waals surface area (Å²) in [6.45, 7) is 1.94. The molecular formula is C14H14ClFN2. The molecule has 0 fully saturated rings. The molecule has 0 bridgehead atoms. The smallest absolute Gasteiger partial charge is 0.123 e. The third-order valence-electron chi connectivity index (χ3n) is 2.77. The van der Waals surface area contributed by atoms with E-state index >= 15 is 0 Å². The molecule has 0 aliphatic heterocycles. The molecule has 0 saturated heterocycles. The van der Waals surface area contributed by atoms with Crippen molar-refractivity contribution in [2.45, 2.75) is 13.0 Å². The zero-order chi connectivity index (χ0) is 13.1. The summed E-state index contributed by atoms with van der Waals surface area (Å²) in [6.07, 6.45) is 0.